The summed E-state index contributed by atoms with van der Waals surface area (Å²) in [5, 5.41) is 0. The standard InChI is InChI=1S/C61H64N6O/c68-59(53-51-33-19-37-62-60(51)66(49-29-11-1-2-12-30-49)55(45-23-7-5-8-24-45)57(53)64-39-35-43-21-15-17-27-47(43)41-64)54-52-34-20-38-63-61(52)67(50-31-13-3-4-14-32-50)56(46-25-9-6-10-26-46)58(54)65-40-36-44-22-16-18-28-48(44)42-65/h5-10,15-28,33-34,37-38,49-50,55-56H,1-4,11-14,29-32,35-36,39-42H2. The van der Waals surface area contributed by atoms with Gasteiger partial charge in [-0.05, 0) is 96.2 Å². The lowest BCUT2D eigenvalue weighted by atomic mass is 9.79. The van der Waals surface area contributed by atoms with Gasteiger partial charge in [0.2, 0.25) is 0 Å². The third kappa shape index (κ3) is 7.82. The molecule has 6 heterocycles. The van der Waals surface area contributed by atoms with E-state index in [4.69, 9.17) is 9.97 Å². The fraction of sp³-hybridized carbons (Fsp3) is 0.361. The summed E-state index contributed by atoms with van der Waals surface area (Å²) in [4.78, 5) is 38.7. The Morgan fingerprint density at radius 2 is 0.809 bits per heavy atom. The summed E-state index contributed by atoms with van der Waals surface area (Å²) in [6, 6.07) is 48.8. The number of hydrogen-bond acceptors (Lipinski definition) is 7. The summed E-state index contributed by atoms with van der Waals surface area (Å²) in [6.07, 6.45) is 20.0. The number of carbonyl (C=O) groups excluding carboxylic acids is 1. The zero-order chi connectivity index (χ0) is 45.4. The van der Waals surface area contributed by atoms with Gasteiger partial charge in [0, 0.05) is 61.8 Å². The van der Waals surface area contributed by atoms with Crippen molar-refractivity contribution in [3.8, 4) is 0 Å². The van der Waals surface area contributed by atoms with Crippen molar-refractivity contribution in [1.82, 2.24) is 19.8 Å². The van der Waals surface area contributed by atoms with Crippen LogP contribution >= 0.6 is 0 Å². The number of nitrogens with zero attached hydrogens (tertiary/aromatic N) is 6. The Bertz CT molecular complexity index is 2640. The van der Waals surface area contributed by atoms with Crippen LogP contribution in [0, 0.1) is 0 Å². The largest absolute Gasteiger partial charge is 0.368 e. The van der Waals surface area contributed by atoms with E-state index < -0.39 is 0 Å². The molecule has 2 saturated carbocycles. The van der Waals surface area contributed by atoms with Crippen molar-refractivity contribution in [2.24, 2.45) is 0 Å². The number of rotatable bonds is 8. The molecule has 12 rings (SSSR count). The van der Waals surface area contributed by atoms with Gasteiger partial charge in [0.1, 0.15) is 11.6 Å². The molecule has 0 bridgehead atoms. The van der Waals surface area contributed by atoms with Crippen LogP contribution in [0.4, 0.5) is 11.6 Å². The molecule has 0 saturated heterocycles. The molecule has 7 heteroatoms. The summed E-state index contributed by atoms with van der Waals surface area (Å²) in [7, 11) is 0. The number of ketones is 1. The molecular formula is C61H64N6O. The number of anilines is 2. The maximum absolute atomic E-state index is 17.4. The van der Waals surface area contributed by atoms with Crippen LogP contribution < -0.4 is 9.80 Å². The first-order valence-corrected chi connectivity index (χ1v) is 25.9. The Morgan fingerprint density at radius 1 is 0.426 bits per heavy atom. The maximum atomic E-state index is 17.4. The van der Waals surface area contributed by atoms with Crippen molar-refractivity contribution in [3.05, 3.63) is 202 Å². The van der Waals surface area contributed by atoms with Crippen molar-refractivity contribution in [3.63, 3.8) is 0 Å². The smallest absolute Gasteiger partial charge is 0.198 e. The summed E-state index contributed by atoms with van der Waals surface area (Å²) in [6.45, 7) is 3.15. The molecule has 0 N–H and O–H groups in total. The first kappa shape index (κ1) is 42.9. The van der Waals surface area contributed by atoms with E-state index in [2.05, 4.69) is 153 Å². The summed E-state index contributed by atoms with van der Waals surface area (Å²) >= 11 is 0. The van der Waals surface area contributed by atoms with E-state index in [-0.39, 0.29) is 17.9 Å². The highest BCUT2D eigenvalue weighted by Gasteiger charge is 2.48. The van der Waals surface area contributed by atoms with Crippen LogP contribution in [0.3, 0.4) is 0 Å². The summed E-state index contributed by atoms with van der Waals surface area (Å²) in [5.74, 6) is 1.96. The fourth-order valence-electron chi connectivity index (χ4n) is 13.1. The van der Waals surface area contributed by atoms with Gasteiger partial charge in [-0.2, -0.15) is 0 Å². The average Bonchev–Trinajstić information content (AvgIpc) is 3.86. The topological polar surface area (TPSA) is 55.8 Å². The molecule has 0 radical (unpaired) electrons. The minimum Gasteiger partial charge on any atom is -0.368 e. The zero-order valence-electron chi connectivity index (χ0n) is 39.5. The molecule has 4 aromatic carbocycles. The van der Waals surface area contributed by atoms with Crippen LogP contribution in [0.15, 0.2) is 157 Å². The number of carbonyl (C=O) groups is 1. The molecule has 2 fully saturated rings. The monoisotopic (exact) mass is 897 g/mol. The maximum Gasteiger partial charge on any atom is 0.198 e. The quantitative estimate of drug-likeness (QED) is 0.141. The second-order valence-electron chi connectivity index (χ2n) is 20.2. The number of aromatic nitrogens is 2. The Hall–Kier alpha value is -6.47. The normalized spacial score (nSPS) is 21.4. The third-order valence-corrected chi connectivity index (χ3v) is 16.3. The van der Waals surface area contributed by atoms with Gasteiger partial charge in [-0.25, -0.2) is 9.97 Å². The zero-order valence-corrected chi connectivity index (χ0v) is 39.5. The van der Waals surface area contributed by atoms with Gasteiger partial charge in [-0.1, -0.05) is 161 Å². The highest BCUT2D eigenvalue weighted by molar-refractivity contribution is 6.44. The minimum atomic E-state index is -0.207. The number of Topliss-reactive ketones (excluding diaryl/α,β-unsaturated/α-hetero) is 1. The lowest BCUT2D eigenvalue weighted by molar-refractivity contribution is -0.109. The molecular weight excluding hydrogens is 833 g/mol. The van der Waals surface area contributed by atoms with Crippen LogP contribution in [0.25, 0.3) is 11.1 Å². The Labute approximate surface area is 403 Å². The van der Waals surface area contributed by atoms with Gasteiger partial charge in [0.05, 0.1) is 34.6 Å². The van der Waals surface area contributed by atoms with Gasteiger partial charge in [-0.3, -0.25) is 4.79 Å². The summed E-state index contributed by atoms with van der Waals surface area (Å²) < 4.78 is 0. The van der Waals surface area contributed by atoms with Crippen molar-refractivity contribution in [1.29, 1.82) is 0 Å². The first-order valence-electron chi connectivity index (χ1n) is 25.9. The van der Waals surface area contributed by atoms with E-state index in [9.17, 15) is 0 Å². The van der Waals surface area contributed by atoms with Crippen LogP contribution in [-0.2, 0) is 30.7 Å². The van der Waals surface area contributed by atoms with Gasteiger partial charge in [0.15, 0.2) is 5.78 Å². The first-order chi connectivity index (χ1) is 33.7. The Kier molecular flexibility index (Phi) is 11.9. The number of allylic oxidation sites excluding steroid dienone is 2. The highest BCUT2D eigenvalue weighted by atomic mass is 16.1. The second kappa shape index (κ2) is 18.9. The fourth-order valence-corrected chi connectivity index (χ4v) is 13.1. The lowest BCUT2D eigenvalue weighted by Gasteiger charge is -2.50. The lowest BCUT2D eigenvalue weighted by Crippen LogP contribution is -2.48. The van der Waals surface area contributed by atoms with Crippen LogP contribution in [0.5, 0.6) is 0 Å². The number of benzene rings is 4. The van der Waals surface area contributed by atoms with Gasteiger partial charge < -0.3 is 19.6 Å². The molecule has 6 aliphatic rings. The van der Waals surface area contributed by atoms with Crippen LogP contribution in [0.1, 0.15) is 134 Å². The molecule has 2 unspecified atom stereocenters. The predicted octanol–water partition coefficient (Wildman–Crippen LogP) is 12.9. The van der Waals surface area contributed by atoms with Crippen molar-refractivity contribution >= 4 is 28.6 Å². The van der Waals surface area contributed by atoms with Gasteiger partial charge in [0.25, 0.3) is 0 Å². The molecule has 2 aliphatic carbocycles. The van der Waals surface area contributed by atoms with E-state index in [0.717, 1.165) is 110 Å². The third-order valence-electron chi connectivity index (χ3n) is 16.3. The molecule has 4 aliphatic heterocycles. The van der Waals surface area contributed by atoms with Gasteiger partial charge >= 0.3 is 0 Å². The molecule has 2 aromatic heterocycles. The van der Waals surface area contributed by atoms with E-state index in [1.807, 2.05) is 12.4 Å². The minimum absolute atomic E-state index is 0.0825. The molecule has 0 amide bonds. The number of fused-ring (bicyclic) bond motifs is 4. The van der Waals surface area contributed by atoms with E-state index in [1.165, 1.54) is 84.7 Å². The molecule has 6 aromatic rings. The SMILES string of the molecule is O=C(C1=C(N2CCc3ccccc3C2)C(c2ccccc2)N(C2CCCCCC2)c2ncccc21)C1=C(N2CCc3ccccc3C2)C(c2ccccc2)N(C2CCCCCC2)c2ncccc21. The summed E-state index contributed by atoms with van der Waals surface area (Å²) in [5.41, 5.74) is 13.6. The predicted molar refractivity (Wildman–Crippen MR) is 275 cm³/mol. The van der Waals surface area contributed by atoms with Crippen molar-refractivity contribution in [2.45, 2.75) is 127 Å². The molecule has 2 atom stereocenters. The van der Waals surface area contributed by atoms with Gasteiger partial charge in [-0.15, -0.1) is 0 Å². The molecule has 344 valence electrons. The number of hydrogen-bond donors (Lipinski definition) is 0. The highest BCUT2D eigenvalue weighted by Crippen LogP contribution is 2.54. The Balaban J connectivity index is 1.16. The average molecular weight is 897 g/mol. The van der Waals surface area contributed by atoms with Crippen molar-refractivity contribution < 1.29 is 4.79 Å². The van der Waals surface area contributed by atoms with Crippen LogP contribution in [-0.4, -0.2) is 50.7 Å². The van der Waals surface area contributed by atoms with Crippen molar-refractivity contribution in [2.75, 3.05) is 22.9 Å². The van der Waals surface area contributed by atoms with E-state index >= 15 is 4.79 Å². The Morgan fingerprint density at radius 3 is 1.22 bits per heavy atom. The second-order valence-corrected chi connectivity index (χ2v) is 20.2. The van der Waals surface area contributed by atoms with E-state index in [1.54, 1.807) is 0 Å². The number of pyridine rings is 2. The van der Waals surface area contributed by atoms with Crippen LogP contribution in [0.2, 0.25) is 0 Å². The molecule has 68 heavy (non-hydrogen) atoms. The van der Waals surface area contributed by atoms with E-state index in [0.29, 0.717) is 12.1 Å². The molecule has 7 nitrogen and oxygen atoms in total. The molecule has 0 spiro atoms.